The van der Waals surface area contributed by atoms with Gasteiger partial charge in [0.25, 0.3) is 0 Å². The van der Waals surface area contributed by atoms with Gasteiger partial charge in [-0.1, -0.05) is 6.07 Å². The van der Waals surface area contributed by atoms with E-state index in [4.69, 9.17) is 10.6 Å². The minimum atomic E-state index is -0.571. The van der Waals surface area contributed by atoms with Crippen LogP contribution in [0.1, 0.15) is 18.9 Å². The van der Waals surface area contributed by atoms with Gasteiger partial charge in [0.05, 0.1) is 0 Å². The van der Waals surface area contributed by atoms with Crippen molar-refractivity contribution in [3.63, 3.8) is 0 Å². The molecule has 0 aliphatic carbocycles. The van der Waals surface area contributed by atoms with Gasteiger partial charge in [-0.15, -0.1) is 0 Å². The normalized spacial score (nSPS) is 12.7. The highest BCUT2D eigenvalue weighted by Gasteiger charge is 2.11. The highest BCUT2D eigenvalue weighted by molar-refractivity contribution is 5.19. The third-order valence-corrected chi connectivity index (χ3v) is 2.53. The van der Waals surface area contributed by atoms with Gasteiger partial charge in [-0.3, -0.25) is 11.3 Å². The van der Waals surface area contributed by atoms with E-state index >= 15 is 0 Å². The highest BCUT2D eigenvalue weighted by atomic mass is 19.1. The van der Waals surface area contributed by atoms with Gasteiger partial charge in [0.15, 0.2) is 0 Å². The van der Waals surface area contributed by atoms with Crippen molar-refractivity contribution in [2.24, 2.45) is 5.84 Å². The number of halogens is 2. The van der Waals surface area contributed by atoms with Gasteiger partial charge in [-0.2, -0.15) is 0 Å². The summed E-state index contributed by atoms with van der Waals surface area (Å²) in [4.78, 5) is 0. The van der Waals surface area contributed by atoms with Crippen LogP contribution >= 0.6 is 0 Å². The van der Waals surface area contributed by atoms with E-state index in [1.165, 1.54) is 12.1 Å². The number of nitrogens with one attached hydrogen (secondary N) is 1. The van der Waals surface area contributed by atoms with Crippen LogP contribution in [0.4, 0.5) is 8.78 Å². The molecule has 0 saturated heterocycles. The van der Waals surface area contributed by atoms with Gasteiger partial charge in [-0.05, 0) is 31.4 Å². The number of hydrogen-bond donors (Lipinski definition) is 2. The first-order valence-electron chi connectivity index (χ1n) is 5.65. The minimum Gasteiger partial charge on any atom is -0.382 e. The molecule has 5 heteroatoms. The fourth-order valence-electron chi connectivity index (χ4n) is 1.57. The van der Waals surface area contributed by atoms with Crippen LogP contribution in [0.5, 0.6) is 0 Å². The summed E-state index contributed by atoms with van der Waals surface area (Å²) >= 11 is 0. The molecule has 17 heavy (non-hydrogen) atoms. The van der Waals surface area contributed by atoms with Crippen LogP contribution in [0.2, 0.25) is 0 Å². The molecule has 3 N–H and O–H groups in total. The summed E-state index contributed by atoms with van der Waals surface area (Å²) in [5.41, 5.74) is 3.06. The molecule has 96 valence electrons. The number of nitrogens with two attached hydrogens (primary N) is 1. The van der Waals surface area contributed by atoms with E-state index in [0.717, 1.165) is 6.07 Å². The lowest BCUT2D eigenvalue weighted by molar-refractivity contribution is 0.136. The molecule has 0 aromatic heterocycles. The predicted octanol–water partition coefficient (Wildman–Crippen LogP) is 1.77. The number of ether oxygens (including phenoxy) is 1. The molecule has 0 aliphatic heterocycles. The second kappa shape index (κ2) is 7.32. The maximum absolute atomic E-state index is 13.4. The smallest absolute Gasteiger partial charge is 0.129 e. The quantitative estimate of drug-likeness (QED) is 0.436. The molecule has 0 amide bonds. The zero-order valence-electron chi connectivity index (χ0n) is 9.88. The van der Waals surface area contributed by atoms with Gasteiger partial charge in [0, 0.05) is 25.3 Å². The largest absolute Gasteiger partial charge is 0.382 e. The van der Waals surface area contributed by atoms with Crippen LogP contribution in [0.25, 0.3) is 0 Å². The molecule has 1 aromatic carbocycles. The fourth-order valence-corrected chi connectivity index (χ4v) is 1.57. The Morgan fingerprint density at radius 1 is 1.41 bits per heavy atom. The number of rotatable bonds is 7. The lowest BCUT2D eigenvalue weighted by atomic mass is 10.0. The monoisotopic (exact) mass is 244 g/mol. The van der Waals surface area contributed by atoms with E-state index in [2.05, 4.69) is 5.43 Å². The molecule has 0 aliphatic rings. The van der Waals surface area contributed by atoms with Gasteiger partial charge in [0.1, 0.15) is 11.6 Å². The second-order valence-corrected chi connectivity index (χ2v) is 3.79. The van der Waals surface area contributed by atoms with Gasteiger partial charge < -0.3 is 4.74 Å². The van der Waals surface area contributed by atoms with E-state index in [1.54, 1.807) is 0 Å². The zero-order valence-corrected chi connectivity index (χ0v) is 9.88. The minimum absolute atomic E-state index is 0.0819. The highest BCUT2D eigenvalue weighted by Crippen LogP contribution is 2.12. The van der Waals surface area contributed by atoms with E-state index < -0.39 is 11.6 Å². The molecule has 1 unspecified atom stereocenters. The average Bonchev–Trinajstić information content (AvgIpc) is 2.31. The molecule has 0 bridgehead atoms. The molecule has 3 nitrogen and oxygen atoms in total. The van der Waals surface area contributed by atoms with E-state index in [1.807, 2.05) is 6.92 Å². The summed E-state index contributed by atoms with van der Waals surface area (Å²) in [5, 5.41) is 0. The second-order valence-electron chi connectivity index (χ2n) is 3.79. The Kier molecular flexibility index (Phi) is 6.04. The van der Waals surface area contributed by atoms with Crippen molar-refractivity contribution in [3.05, 3.63) is 35.4 Å². The SMILES string of the molecule is CCOCCC(Cc1ccc(F)cc1F)NN. The predicted molar refractivity (Wildman–Crippen MR) is 62.3 cm³/mol. The van der Waals surface area contributed by atoms with Crippen molar-refractivity contribution in [2.75, 3.05) is 13.2 Å². The van der Waals surface area contributed by atoms with Gasteiger partial charge >= 0.3 is 0 Å². The van der Waals surface area contributed by atoms with Crippen molar-refractivity contribution in [3.8, 4) is 0 Å². The summed E-state index contributed by atoms with van der Waals surface area (Å²) < 4.78 is 31.3. The van der Waals surface area contributed by atoms with E-state index in [9.17, 15) is 8.78 Å². The van der Waals surface area contributed by atoms with E-state index in [-0.39, 0.29) is 6.04 Å². The Morgan fingerprint density at radius 3 is 2.76 bits per heavy atom. The van der Waals surface area contributed by atoms with Crippen LogP contribution in [0.15, 0.2) is 18.2 Å². The van der Waals surface area contributed by atoms with Crippen molar-refractivity contribution in [2.45, 2.75) is 25.8 Å². The molecular formula is C12H18F2N2O. The third-order valence-electron chi connectivity index (χ3n) is 2.53. The molecule has 0 saturated carbocycles. The van der Waals surface area contributed by atoms with Crippen LogP contribution in [0.3, 0.4) is 0 Å². The standard InChI is InChI=1S/C12H18F2N2O/c1-2-17-6-5-11(16-15)7-9-3-4-10(13)8-12(9)14/h3-4,8,11,16H,2,5-7,15H2,1H3. The first kappa shape index (κ1) is 14.0. The topological polar surface area (TPSA) is 47.3 Å². The average molecular weight is 244 g/mol. The summed E-state index contributed by atoms with van der Waals surface area (Å²) in [7, 11) is 0. The maximum atomic E-state index is 13.4. The van der Waals surface area contributed by atoms with Crippen LogP contribution in [-0.4, -0.2) is 19.3 Å². The number of benzene rings is 1. The summed E-state index contributed by atoms with van der Waals surface area (Å²) in [6, 6.07) is 3.48. The van der Waals surface area contributed by atoms with Crippen molar-refractivity contribution < 1.29 is 13.5 Å². The Labute approximate surface area is 99.9 Å². The summed E-state index contributed by atoms with van der Waals surface area (Å²) in [6.07, 6.45) is 1.09. The Hall–Kier alpha value is -1.04. The van der Waals surface area contributed by atoms with Gasteiger partial charge in [0.2, 0.25) is 0 Å². The molecular weight excluding hydrogens is 226 g/mol. The number of hydrogen-bond acceptors (Lipinski definition) is 3. The molecule has 0 fully saturated rings. The maximum Gasteiger partial charge on any atom is 0.129 e. The Morgan fingerprint density at radius 2 is 2.18 bits per heavy atom. The first-order chi connectivity index (χ1) is 8.17. The number of hydrazine groups is 1. The summed E-state index contributed by atoms with van der Waals surface area (Å²) in [5.74, 6) is 4.27. The summed E-state index contributed by atoms with van der Waals surface area (Å²) in [6.45, 7) is 3.11. The molecule has 1 aromatic rings. The third kappa shape index (κ3) is 4.77. The molecule has 1 atom stereocenters. The Bertz CT molecular complexity index is 347. The zero-order chi connectivity index (χ0) is 12.7. The van der Waals surface area contributed by atoms with Crippen molar-refractivity contribution in [1.82, 2.24) is 5.43 Å². The van der Waals surface area contributed by atoms with Crippen LogP contribution in [0, 0.1) is 11.6 Å². The molecule has 1 rings (SSSR count). The molecule has 0 spiro atoms. The fraction of sp³-hybridized carbons (Fsp3) is 0.500. The van der Waals surface area contributed by atoms with Crippen LogP contribution in [-0.2, 0) is 11.2 Å². The lowest BCUT2D eigenvalue weighted by Gasteiger charge is -2.16. The van der Waals surface area contributed by atoms with Crippen molar-refractivity contribution >= 4 is 0 Å². The van der Waals surface area contributed by atoms with E-state index in [0.29, 0.717) is 31.6 Å². The molecule has 0 radical (unpaired) electrons. The Balaban J connectivity index is 2.54. The van der Waals surface area contributed by atoms with Crippen molar-refractivity contribution in [1.29, 1.82) is 0 Å². The lowest BCUT2D eigenvalue weighted by Crippen LogP contribution is -2.37. The van der Waals surface area contributed by atoms with Crippen LogP contribution < -0.4 is 11.3 Å². The van der Waals surface area contributed by atoms with Gasteiger partial charge in [-0.25, -0.2) is 8.78 Å². The molecule has 0 heterocycles. The first-order valence-corrected chi connectivity index (χ1v) is 5.65.